The molecule has 0 unspecified atom stereocenters. The molecule has 0 spiro atoms. The number of carbonyl (C=O) groups is 3. The molecule has 9 heteroatoms. The number of carboxylic acids is 1. The van der Waals surface area contributed by atoms with E-state index in [4.69, 9.17) is 0 Å². The summed E-state index contributed by atoms with van der Waals surface area (Å²) in [7, 11) is 0. The standard InChI is InChI=1S/C23H25FN4O4/c24-16(13-5-1-2-6-13)11-25-22(30)19-10-14-9-18(14)28(19)20(29)12-27-17-8-4-3-7-15(17)21(26-27)23(31)32/h3-4,7-8,14,18-19H,1-2,5-6,9-12H2,(H,25,30)(H,31,32)/t14-,18-,19+/m1/s1. The van der Waals surface area contributed by atoms with Crippen LogP contribution in [-0.4, -0.2) is 56.2 Å². The van der Waals surface area contributed by atoms with Gasteiger partial charge in [-0.3, -0.25) is 14.3 Å². The first kappa shape index (κ1) is 20.7. The molecule has 32 heavy (non-hydrogen) atoms. The number of para-hydroxylation sites is 1. The maximum absolute atomic E-state index is 14.3. The summed E-state index contributed by atoms with van der Waals surface area (Å²) in [4.78, 5) is 39.1. The third-order valence-electron chi connectivity index (χ3n) is 6.85. The second kappa shape index (κ2) is 8.03. The van der Waals surface area contributed by atoms with Crippen LogP contribution in [0.2, 0.25) is 0 Å². The Hall–Kier alpha value is -3.23. The second-order valence-electron chi connectivity index (χ2n) is 8.88. The number of likely N-dealkylation sites (tertiary alicyclic amines) is 1. The first-order chi connectivity index (χ1) is 15.4. The largest absolute Gasteiger partial charge is 0.476 e. The molecule has 1 saturated heterocycles. The number of benzene rings is 1. The van der Waals surface area contributed by atoms with E-state index in [0.717, 1.165) is 37.7 Å². The smallest absolute Gasteiger partial charge is 0.357 e. The number of hydrogen-bond acceptors (Lipinski definition) is 4. The van der Waals surface area contributed by atoms with Crippen LogP contribution in [0.1, 0.15) is 49.0 Å². The van der Waals surface area contributed by atoms with Crippen molar-refractivity contribution in [3.8, 4) is 0 Å². The van der Waals surface area contributed by atoms with E-state index >= 15 is 0 Å². The maximum atomic E-state index is 14.3. The summed E-state index contributed by atoms with van der Waals surface area (Å²) in [6, 6.07) is 6.23. The highest BCUT2D eigenvalue weighted by Crippen LogP contribution is 2.48. The van der Waals surface area contributed by atoms with E-state index in [9.17, 15) is 23.9 Å². The maximum Gasteiger partial charge on any atom is 0.357 e. The van der Waals surface area contributed by atoms with Crippen LogP contribution in [0, 0.1) is 5.92 Å². The van der Waals surface area contributed by atoms with E-state index in [0.29, 0.717) is 17.3 Å². The lowest BCUT2D eigenvalue weighted by Gasteiger charge is -2.27. The van der Waals surface area contributed by atoms with Crippen LogP contribution >= 0.6 is 0 Å². The summed E-state index contributed by atoms with van der Waals surface area (Å²) in [5.74, 6) is -1.75. The first-order valence-corrected chi connectivity index (χ1v) is 11.1. The molecule has 5 rings (SSSR count). The number of carbonyl (C=O) groups excluding carboxylic acids is 2. The summed E-state index contributed by atoms with van der Waals surface area (Å²) in [6.07, 6.45) is 4.88. The van der Waals surface area contributed by atoms with Crippen molar-refractivity contribution in [3.63, 3.8) is 0 Å². The number of rotatable bonds is 6. The lowest BCUT2D eigenvalue weighted by molar-refractivity contribution is -0.140. The van der Waals surface area contributed by atoms with Gasteiger partial charge in [0.25, 0.3) is 0 Å². The van der Waals surface area contributed by atoms with E-state index in [1.165, 1.54) is 4.68 Å². The van der Waals surface area contributed by atoms with Crippen molar-refractivity contribution in [2.75, 3.05) is 6.54 Å². The molecular formula is C23H25FN4O4. The van der Waals surface area contributed by atoms with Crippen LogP contribution in [0.3, 0.4) is 0 Å². The minimum absolute atomic E-state index is 0.0112. The number of amides is 2. The van der Waals surface area contributed by atoms with Gasteiger partial charge in [0.15, 0.2) is 5.69 Å². The highest BCUT2D eigenvalue weighted by Gasteiger charge is 2.56. The van der Waals surface area contributed by atoms with Crippen molar-refractivity contribution in [1.29, 1.82) is 0 Å². The van der Waals surface area contributed by atoms with E-state index < -0.39 is 12.0 Å². The number of aromatic carboxylic acids is 1. The number of halogens is 1. The van der Waals surface area contributed by atoms with Gasteiger partial charge in [-0.2, -0.15) is 5.10 Å². The van der Waals surface area contributed by atoms with E-state index in [1.807, 2.05) is 0 Å². The number of aromatic nitrogens is 2. The average molecular weight is 440 g/mol. The van der Waals surface area contributed by atoms with Crippen molar-refractivity contribution < 1.29 is 23.9 Å². The van der Waals surface area contributed by atoms with Crippen LogP contribution in [0.5, 0.6) is 0 Å². The molecule has 8 nitrogen and oxygen atoms in total. The molecule has 1 aliphatic heterocycles. The molecule has 3 aliphatic rings. The van der Waals surface area contributed by atoms with E-state index in [-0.39, 0.29) is 48.4 Å². The quantitative estimate of drug-likeness (QED) is 0.719. The number of nitrogens with zero attached hydrogens (tertiary/aromatic N) is 3. The summed E-state index contributed by atoms with van der Waals surface area (Å²) in [5, 5.41) is 16.7. The van der Waals surface area contributed by atoms with Crippen LogP contribution in [0.4, 0.5) is 4.39 Å². The summed E-state index contributed by atoms with van der Waals surface area (Å²) in [5.41, 5.74) is 1.23. The van der Waals surface area contributed by atoms with Gasteiger partial charge in [-0.25, -0.2) is 9.18 Å². The lowest BCUT2D eigenvalue weighted by Crippen LogP contribution is -2.49. The van der Waals surface area contributed by atoms with Crippen molar-refractivity contribution in [2.45, 2.75) is 57.2 Å². The molecular weight excluding hydrogens is 415 g/mol. The van der Waals surface area contributed by atoms with Crippen LogP contribution in [-0.2, 0) is 16.1 Å². The number of piperidine rings is 1. The molecule has 1 aromatic carbocycles. The van der Waals surface area contributed by atoms with E-state index in [1.54, 1.807) is 29.2 Å². The van der Waals surface area contributed by atoms with Crippen LogP contribution in [0.15, 0.2) is 35.7 Å². The van der Waals surface area contributed by atoms with Crippen LogP contribution in [0.25, 0.3) is 10.9 Å². The number of hydrogen-bond donors (Lipinski definition) is 2. The first-order valence-electron chi connectivity index (χ1n) is 11.1. The van der Waals surface area contributed by atoms with Gasteiger partial charge in [-0.15, -0.1) is 0 Å². The predicted molar refractivity (Wildman–Crippen MR) is 113 cm³/mol. The van der Waals surface area contributed by atoms with Crippen molar-refractivity contribution >= 4 is 28.7 Å². The minimum Gasteiger partial charge on any atom is -0.476 e. The van der Waals surface area contributed by atoms with Crippen LogP contribution < -0.4 is 5.32 Å². The van der Waals surface area contributed by atoms with Gasteiger partial charge in [0, 0.05) is 11.4 Å². The SMILES string of the molecule is O=C(O)c1nn(CC(=O)N2[C@@H]3C[C@@H]3C[C@H]2C(=O)NCC(F)=C2CCCC2)c2ccccc12. The number of nitrogens with one attached hydrogen (secondary N) is 1. The zero-order valence-electron chi connectivity index (χ0n) is 17.6. The molecule has 0 bridgehead atoms. The molecule has 2 heterocycles. The Balaban J connectivity index is 1.31. The Labute approximate surface area is 184 Å². The second-order valence-corrected chi connectivity index (χ2v) is 8.88. The minimum atomic E-state index is -1.16. The summed E-state index contributed by atoms with van der Waals surface area (Å²) < 4.78 is 15.7. The molecule has 2 amide bonds. The topological polar surface area (TPSA) is 105 Å². The van der Waals surface area contributed by atoms with Gasteiger partial charge in [0.05, 0.1) is 12.1 Å². The van der Waals surface area contributed by atoms with Crippen molar-refractivity contribution in [1.82, 2.24) is 20.0 Å². The molecule has 2 N–H and O–H groups in total. The Morgan fingerprint density at radius 2 is 1.91 bits per heavy atom. The fraction of sp³-hybridized carbons (Fsp3) is 0.478. The Bertz CT molecular complexity index is 1130. The molecule has 0 radical (unpaired) electrons. The Morgan fingerprint density at radius 3 is 2.66 bits per heavy atom. The molecule has 2 aliphatic carbocycles. The molecule has 168 valence electrons. The lowest BCUT2D eigenvalue weighted by atomic mass is 10.1. The fourth-order valence-corrected chi connectivity index (χ4v) is 5.15. The number of carboxylic acid groups (broad SMARTS) is 1. The normalized spacial score (nSPS) is 24.0. The third kappa shape index (κ3) is 3.65. The zero-order valence-corrected chi connectivity index (χ0v) is 17.6. The Kier molecular flexibility index (Phi) is 5.19. The van der Waals surface area contributed by atoms with Gasteiger partial charge >= 0.3 is 5.97 Å². The third-order valence-corrected chi connectivity index (χ3v) is 6.85. The molecule has 3 fully saturated rings. The average Bonchev–Trinajstić information content (AvgIpc) is 3.18. The number of allylic oxidation sites excluding steroid dienone is 1. The molecule has 2 saturated carbocycles. The molecule has 2 aromatic rings. The van der Waals surface area contributed by atoms with Gasteiger partial charge in [0.2, 0.25) is 11.8 Å². The number of fused-ring (bicyclic) bond motifs is 2. The van der Waals surface area contributed by atoms with Gasteiger partial charge < -0.3 is 15.3 Å². The predicted octanol–water partition coefficient (Wildman–Crippen LogP) is 2.64. The van der Waals surface area contributed by atoms with Gasteiger partial charge in [-0.1, -0.05) is 18.2 Å². The monoisotopic (exact) mass is 440 g/mol. The fourth-order valence-electron chi connectivity index (χ4n) is 5.15. The highest BCUT2D eigenvalue weighted by molar-refractivity contribution is 6.01. The highest BCUT2D eigenvalue weighted by atomic mass is 19.1. The Morgan fingerprint density at radius 1 is 1.16 bits per heavy atom. The van der Waals surface area contributed by atoms with E-state index in [2.05, 4.69) is 10.4 Å². The molecule has 3 atom stereocenters. The zero-order chi connectivity index (χ0) is 22.4. The van der Waals surface area contributed by atoms with Crippen molar-refractivity contribution in [3.05, 3.63) is 41.4 Å². The summed E-state index contributed by atoms with van der Waals surface area (Å²) in [6.45, 7) is -0.285. The van der Waals surface area contributed by atoms with Gasteiger partial charge in [-0.05, 0) is 56.1 Å². The summed E-state index contributed by atoms with van der Waals surface area (Å²) >= 11 is 0. The van der Waals surface area contributed by atoms with Crippen molar-refractivity contribution in [2.24, 2.45) is 5.92 Å². The molecule has 1 aromatic heterocycles. The van der Waals surface area contributed by atoms with Gasteiger partial charge in [0.1, 0.15) is 18.4 Å².